The number of hydrogen-bond donors (Lipinski definition) is 0. The summed E-state index contributed by atoms with van der Waals surface area (Å²) in [6.45, 7) is 4.58. The SMILES string of the molecule is CC(C)=CC(=O)N1CCCS(=O)(=O)CC1. The number of nitrogens with zero attached hydrogens (tertiary/aromatic N) is 1. The van der Waals surface area contributed by atoms with E-state index in [9.17, 15) is 13.2 Å². The second kappa shape index (κ2) is 4.79. The van der Waals surface area contributed by atoms with Crippen LogP contribution in [0.1, 0.15) is 20.3 Å². The monoisotopic (exact) mass is 231 g/mol. The quantitative estimate of drug-likeness (QED) is 0.621. The molecule has 1 aliphatic heterocycles. The maximum Gasteiger partial charge on any atom is 0.246 e. The van der Waals surface area contributed by atoms with Crippen molar-refractivity contribution >= 4 is 15.7 Å². The van der Waals surface area contributed by atoms with Crippen LogP contribution in [0.25, 0.3) is 0 Å². The van der Waals surface area contributed by atoms with Gasteiger partial charge in [-0.2, -0.15) is 0 Å². The number of carbonyl (C=O) groups excluding carboxylic acids is 1. The molecule has 0 radical (unpaired) electrons. The van der Waals surface area contributed by atoms with Crippen LogP contribution < -0.4 is 0 Å². The van der Waals surface area contributed by atoms with Crippen LogP contribution in [0.4, 0.5) is 0 Å². The second-order valence-electron chi connectivity index (χ2n) is 4.05. The average Bonchev–Trinajstić information content (AvgIpc) is 2.25. The van der Waals surface area contributed by atoms with E-state index in [2.05, 4.69) is 0 Å². The van der Waals surface area contributed by atoms with E-state index in [0.717, 1.165) is 5.57 Å². The lowest BCUT2D eigenvalue weighted by Crippen LogP contribution is -2.32. The van der Waals surface area contributed by atoms with Crippen LogP contribution in [0.2, 0.25) is 0 Å². The minimum Gasteiger partial charge on any atom is -0.338 e. The summed E-state index contributed by atoms with van der Waals surface area (Å²) >= 11 is 0. The Morgan fingerprint density at radius 2 is 1.87 bits per heavy atom. The number of sulfone groups is 1. The van der Waals surface area contributed by atoms with Gasteiger partial charge in [0.25, 0.3) is 0 Å². The highest BCUT2D eigenvalue weighted by Gasteiger charge is 2.21. The third-order valence-electron chi connectivity index (χ3n) is 2.28. The van der Waals surface area contributed by atoms with E-state index in [1.807, 2.05) is 13.8 Å². The van der Waals surface area contributed by atoms with Crippen molar-refractivity contribution in [2.24, 2.45) is 0 Å². The first kappa shape index (κ1) is 12.2. The molecule has 0 aromatic rings. The Balaban J connectivity index is 2.66. The van der Waals surface area contributed by atoms with Gasteiger partial charge in [0.15, 0.2) is 9.84 Å². The molecule has 1 aliphatic rings. The summed E-state index contributed by atoms with van der Waals surface area (Å²) in [5.74, 6) is 0.216. The second-order valence-corrected chi connectivity index (χ2v) is 6.36. The highest BCUT2D eigenvalue weighted by atomic mass is 32.2. The number of rotatable bonds is 1. The molecule has 15 heavy (non-hydrogen) atoms. The minimum atomic E-state index is -2.93. The lowest BCUT2D eigenvalue weighted by Gasteiger charge is -2.17. The van der Waals surface area contributed by atoms with Gasteiger partial charge in [0.1, 0.15) is 0 Å². The van der Waals surface area contributed by atoms with E-state index < -0.39 is 9.84 Å². The smallest absolute Gasteiger partial charge is 0.246 e. The van der Waals surface area contributed by atoms with Crippen molar-refractivity contribution in [2.45, 2.75) is 20.3 Å². The first-order valence-electron chi connectivity index (χ1n) is 5.05. The molecule has 1 rings (SSSR count). The molecule has 0 spiro atoms. The summed E-state index contributed by atoms with van der Waals surface area (Å²) in [5, 5.41) is 0. The van der Waals surface area contributed by atoms with Gasteiger partial charge in [0.05, 0.1) is 11.5 Å². The van der Waals surface area contributed by atoms with Gasteiger partial charge in [-0.3, -0.25) is 4.79 Å². The van der Waals surface area contributed by atoms with Gasteiger partial charge in [-0.05, 0) is 20.3 Å². The van der Waals surface area contributed by atoms with Crippen molar-refractivity contribution < 1.29 is 13.2 Å². The molecule has 0 unspecified atom stereocenters. The lowest BCUT2D eigenvalue weighted by molar-refractivity contribution is -0.125. The molecule has 1 heterocycles. The first-order valence-corrected chi connectivity index (χ1v) is 6.87. The molecule has 86 valence electrons. The Bertz CT molecular complexity index is 366. The molecule has 5 heteroatoms. The third-order valence-corrected chi connectivity index (χ3v) is 3.99. The Kier molecular flexibility index (Phi) is 3.90. The van der Waals surface area contributed by atoms with Crippen LogP contribution in [0, 0.1) is 0 Å². The number of allylic oxidation sites excluding steroid dienone is 1. The molecule has 0 saturated carbocycles. The predicted octanol–water partition coefficient (Wildman–Crippen LogP) is 0.600. The topological polar surface area (TPSA) is 54.5 Å². The molecular weight excluding hydrogens is 214 g/mol. The molecule has 1 amide bonds. The summed E-state index contributed by atoms with van der Waals surface area (Å²) in [4.78, 5) is 13.2. The Hall–Kier alpha value is -0.840. The number of carbonyl (C=O) groups is 1. The van der Waals surface area contributed by atoms with Crippen molar-refractivity contribution in [1.82, 2.24) is 4.90 Å². The van der Waals surface area contributed by atoms with Gasteiger partial charge in [0.2, 0.25) is 5.91 Å². The first-order chi connectivity index (χ1) is 6.91. The van der Waals surface area contributed by atoms with Crippen LogP contribution in [-0.4, -0.2) is 43.8 Å². The molecule has 0 aliphatic carbocycles. The van der Waals surface area contributed by atoms with Crippen molar-refractivity contribution in [3.05, 3.63) is 11.6 Å². The van der Waals surface area contributed by atoms with Gasteiger partial charge in [-0.25, -0.2) is 8.42 Å². The van der Waals surface area contributed by atoms with E-state index in [0.29, 0.717) is 19.5 Å². The molecule has 1 fully saturated rings. The van der Waals surface area contributed by atoms with Crippen molar-refractivity contribution in [2.75, 3.05) is 24.6 Å². The van der Waals surface area contributed by atoms with Crippen molar-refractivity contribution in [3.8, 4) is 0 Å². The van der Waals surface area contributed by atoms with Gasteiger partial charge in [0, 0.05) is 19.2 Å². The maximum atomic E-state index is 11.6. The Morgan fingerprint density at radius 1 is 1.20 bits per heavy atom. The van der Waals surface area contributed by atoms with E-state index in [1.54, 1.807) is 11.0 Å². The zero-order valence-electron chi connectivity index (χ0n) is 9.19. The van der Waals surface area contributed by atoms with Gasteiger partial charge in [-0.1, -0.05) is 5.57 Å². The van der Waals surface area contributed by atoms with E-state index in [-0.39, 0.29) is 17.4 Å². The molecule has 0 atom stereocenters. The fraction of sp³-hybridized carbons (Fsp3) is 0.700. The zero-order chi connectivity index (χ0) is 11.5. The van der Waals surface area contributed by atoms with Gasteiger partial charge >= 0.3 is 0 Å². The largest absolute Gasteiger partial charge is 0.338 e. The van der Waals surface area contributed by atoms with Crippen molar-refractivity contribution in [1.29, 1.82) is 0 Å². The van der Waals surface area contributed by atoms with E-state index in [4.69, 9.17) is 0 Å². The Labute approximate surface area is 90.9 Å². The molecule has 1 saturated heterocycles. The van der Waals surface area contributed by atoms with Gasteiger partial charge < -0.3 is 4.90 Å². The highest BCUT2D eigenvalue weighted by Crippen LogP contribution is 2.06. The van der Waals surface area contributed by atoms with Crippen LogP contribution >= 0.6 is 0 Å². The van der Waals surface area contributed by atoms with Crippen molar-refractivity contribution in [3.63, 3.8) is 0 Å². The number of hydrogen-bond acceptors (Lipinski definition) is 3. The summed E-state index contributed by atoms with van der Waals surface area (Å²) < 4.78 is 22.6. The third kappa shape index (κ3) is 4.03. The van der Waals surface area contributed by atoms with Crippen LogP contribution in [0.5, 0.6) is 0 Å². The summed E-state index contributed by atoms with van der Waals surface area (Å²) in [7, 11) is -2.93. The summed E-state index contributed by atoms with van der Waals surface area (Å²) in [6.07, 6.45) is 2.10. The molecule has 0 N–H and O–H groups in total. The average molecular weight is 231 g/mol. The predicted molar refractivity (Wildman–Crippen MR) is 59.3 cm³/mol. The number of amides is 1. The summed E-state index contributed by atoms with van der Waals surface area (Å²) in [5.41, 5.74) is 0.937. The summed E-state index contributed by atoms with van der Waals surface area (Å²) in [6, 6.07) is 0. The maximum absolute atomic E-state index is 11.6. The fourth-order valence-corrected chi connectivity index (χ4v) is 2.77. The van der Waals surface area contributed by atoms with Crippen LogP contribution in [-0.2, 0) is 14.6 Å². The molecular formula is C10H17NO3S. The molecule has 0 aromatic carbocycles. The minimum absolute atomic E-state index is 0.0768. The standard InChI is InChI=1S/C10H17NO3S/c1-9(2)8-10(12)11-4-3-6-15(13,14)7-5-11/h8H,3-7H2,1-2H3. The molecule has 0 aromatic heterocycles. The zero-order valence-corrected chi connectivity index (χ0v) is 10.0. The molecule has 0 bridgehead atoms. The van der Waals surface area contributed by atoms with Gasteiger partial charge in [-0.15, -0.1) is 0 Å². The van der Waals surface area contributed by atoms with Crippen LogP contribution in [0.15, 0.2) is 11.6 Å². The normalized spacial score (nSPS) is 20.5. The highest BCUT2D eigenvalue weighted by molar-refractivity contribution is 7.91. The molecule has 4 nitrogen and oxygen atoms in total. The Morgan fingerprint density at radius 3 is 2.47 bits per heavy atom. The van der Waals surface area contributed by atoms with E-state index in [1.165, 1.54) is 0 Å². The van der Waals surface area contributed by atoms with Crippen LogP contribution in [0.3, 0.4) is 0 Å². The fourth-order valence-electron chi connectivity index (χ4n) is 1.50. The lowest BCUT2D eigenvalue weighted by atomic mass is 10.3. The van der Waals surface area contributed by atoms with E-state index >= 15 is 0 Å².